The van der Waals surface area contributed by atoms with Crippen LogP contribution in [0.1, 0.15) is 20.3 Å². The Morgan fingerprint density at radius 3 is 2.60 bits per heavy atom. The number of hydrogen-bond donors (Lipinski definition) is 1. The van der Waals surface area contributed by atoms with Crippen LogP contribution in [0.3, 0.4) is 0 Å². The largest absolute Gasteiger partial charge is 0.388 e. The summed E-state index contributed by atoms with van der Waals surface area (Å²) in [6, 6.07) is 0. The number of carbonyl (C=O) groups excluding carboxylic acids is 1. The van der Waals surface area contributed by atoms with E-state index in [1.807, 2.05) is 6.92 Å². The third kappa shape index (κ3) is 1.29. The quantitative estimate of drug-likeness (QED) is 0.561. The maximum atomic E-state index is 11.0. The van der Waals surface area contributed by atoms with Crippen molar-refractivity contribution in [1.29, 1.82) is 0 Å². The molecular weight excluding hydrogens is 130 g/mol. The molecule has 0 radical (unpaired) electrons. The highest BCUT2D eigenvalue weighted by Crippen LogP contribution is 2.20. The van der Waals surface area contributed by atoms with E-state index in [4.69, 9.17) is 0 Å². The topological polar surface area (TPSA) is 40.5 Å². The number of likely N-dealkylation sites (N-methyl/N-ethyl adjacent to an activating group) is 1. The molecule has 1 atom stereocenters. The number of likely N-dealkylation sites (tertiary alicyclic amines) is 1. The molecule has 1 aliphatic rings. The molecule has 1 saturated heterocycles. The highest BCUT2D eigenvalue weighted by molar-refractivity contribution is 5.79. The number of β-amino-alcohol motifs (C(OH)–C–C–N with tert-alkyl or cyclic N) is 1. The number of carbonyl (C=O) groups is 1. The Labute approximate surface area is 60.6 Å². The molecule has 3 nitrogen and oxygen atoms in total. The van der Waals surface area contributed by atoms with Gasteiger partial charge in [-0.25, -0.2) is 0 Å². The lowest BCUT2D eigenvalue weighted by Crippen LogP contribution is -2.30. The minimum absolute atomic E-state index is 0.0625. The third-order valence-corrected chi connectivity index (χ3v) is 1.80. The lowest BCUT2D eigenvalue weighted by Gasteiger charge is -2.16. The number of amides is 1. The van der Waals surface area contributed by atoms with Crippen LogP contribution in [0.25, 0.3) is 0 Å². The maximum absolute atomic E-state index is 11.0. The van der Waals surface area contributed by atoms with Crippen LogP contribution in [0, 0.1) is 0 Å². The fraction of sp³-hybridized carbons (Fsp3) is 0.857. The van der Waals surface area contributed by atoms with Crippen LogP contribution in [-0.2, 0) is 4.79 Å². The molecule has 10 heavy (non-hydrogen) atoms. The minimum atomic E-state index is -0.785. The van der Waals surface area contributed by atoms with Crippen molar-refractivity contribution in [2.24, 2.45) is 0 Å². The summed E-state index contributed by atoms with van der Waals surface area (Å²) in [4.78, 5) is 12.7. The van der Waals surface area contributed by atoms with Crippen LogP contribution in [0.2, 0.25) is 0 Å². The molecule has 0 aromatic carbocycles. The summed E-state index contributed by atoms with van der Waals surface area (Å²) >= 11 is 0. The van der Waals surface area contributed by atoms with Gasteiger partial charge >= 0.3 is 0 Å². The molecule has 1 amide bonds. The second-order valence-electron chi connectivity index (χ2n) is 3.08. The molecule has 1 heterocycles. The van der Waals surface area contributed by atoms with Gasteiger partial charge in [0, 0.05) is 13.1 Å². The zero-order chi connectivity index (χ0) is 7.78. The second kappa shape index (κ2) is 2.23. The molecule has 0 aliphatic carbocycles. The summed E-state index contributed by atoms with van der Waals surface area (Å²) in [7, 11) is 0. The highest BCUT2D eigenvalue weighted by atomic mass is 16.3. The SMILES string of the molecule is CCN1CC(C)(O)CC1=O. The molecule has 58 valence electrons. The average Bonchev–Trinajstić information content (AvgIpc) is 2.05. The molecule has 0 spiro atoms. The Bertz CT molecular complexity index is 154. The summed E-state index contributed by atoms with van der Waals surface area (Å²) in [5.74, 6) is 0.0625. The van der Waals surface area contributed by atoms with Crippen molar-refractivity contribution in [2.75, 3.05) is 13.1 Å². The van der Waals surface area contributed by atoms with E-state index in [1.54, 1.807) is 11.8 Å². The Balaban J connectivity index is 2.61. The van der Waals surface area contributed by atoms with Gasteiger partial charge in [-0.15, -0.1) is 0 Å². The lowest BCUT2D eigenvalue weighted by atomic mass is 10.1. The van der Waals surface area contributed by atoms with Crippen LogP contribution in [0.5, 0.6) is 0 Å². The number of rotatable bonds is 1. The van der Waals surface area contributed by atoms with Gasteiger partial charge in [0.1, 0.15) is 0 Å². The van der Waals surface area contributed by atoms with Gasteiger partial charge in [0.25, 0.3) is 0 Å². The summed E-state index contributed by atoms with van der Waals surface area (Å²) in [5.41, 5.74) is -0.785. The van der Waals surface area contributed by atoms with Gasteiger partial charge in [0.2, 0.25) is 5.91 Å². The van der Waals surface area contributed by atoms with Crippen molar-refractivity contribution in [1.82, 2.24) is 4.90 Å². The van der Waals surface area contributed by atoms with E-state index in [9.17, 15) is 9.90 Å². The van der Waals surface area contributed by atoms with Gasteiger partial charge in [0.15, 0.2) is 0 Å². The first-order valence-corrected chi connectivity index (χ1v) is 3.55. The minimum Gasteiger partial charge on any atom is -0.388 e. The molecule has 0 aromatic rings. The van der Waals surface area contributed by atoms with Crippen LogP contribution in [-0.4, -0.2) is 34.6 Å². The second-order valence-corrected chi connectivity index (χ2v) is 3.08. The summed E-state index contributed by atoms with van der Waals surface area (Å²) in [6.07, 6.45) is 0.279. The standard InChI is InChI=1S/C7H13NO2/c1-3-8-5-7(2,10)4-6(8)9/h10H,3-5H2,1-2H3. The van der Waals surface area contributed by atoms with Crippen molar-refractivity contribution < 1.29 is 9.90 Å². The highest BCUT2D eigenvalue weighted by Gasteiger charge is 2.36. The Morgan fingerprint density at radius 2 is 2.40 bits per heavy atom. The van der Waals surface area contributed by atoms with Gasteiger partial charge in [-0.05, 0) is 13.8 Å². The number of aliphatic hydroxyl groups is 1. The Hall–Kier alpha value is -0.570. The Morgan fingerprint density at radius 1 is 1.80 bits per heavy atom. The molecule has 0 aromatic heterocycles. The first kappa shape index (κ1) is 7.54. The fourth-order valence-electron chi connectivity index (χ4n) is 1.28. The molecule has 0 saturated carbocycles. The number of nitrogens with zero attached hydrogens (tertiary/aromatic N) is 1. The van der Waals surface area contributed by atoms with Gasteiger partial charge in [-0.2, -0.15) is 0 Å². The molecular formula is C7H13NO2. The van der Waals surface area contributed by atoms with E-state index in [0.717, 1.165) is 0 Å². The van der Waals surface area contributed by atoms with Gasteiger partial charge in [-0.1, -0.05) is 0 Å². The predicted molar refractivity (Wildman–Crippen MR) is 37.5 cm³/mol. The molecule has 3 heteroatoms. The van der Waals surface area contributed by atoms with Crippen molar-refractivity contribution >= 4 is 5.91 Å². The summed E-state index contributed by atoms with van der Waals surface area (Å²) in [5, 5.41) is 9.40. The predicted octanol–water partition coefficient (Wildman–Crippen LogP) is -0.0104. The van der Waals surface area contributed by atoms with E-state index >= 15 is 0 Å². The zero-order valence-corrected chi connectivity index (χ0v) is 6.42. The van der Waals surface area contributed by atoms with Crippen LogP contribution in [0.4, 0.5) is 0 Å². The Kier molecular flexibility index (Phi) is 1.68. The molecule has 1 unspecified atom stereocenters. The molecule has 1 aliphatic heterocycles. The van der Waals surface area contributed by atoms with E-state index in [0.29, 0.717) is 13.1 Å². The molecule has 0 bridgehead atoms. The summed E-state index contributed by atoms with van der Waals surface area (Å²) in [6.45, 7) is 4.80. The average molecular weight is 143 g/mol. The van der Waals surface area contributed by atoms with Crippen LogP contribution >= 0.6 is 0 Å². The van der Waals surface area contributed by atoms with Crippen LogP contribution in [0.15, 0.2) is 0 Å². The maximum Gasteiger partial charge on any atom is 0.225 e. The summed E-state index contributed by atoms with van der Waals surface area (Å²) < 4.78 is 0. The fourth-order valence-corrected chi connectivity index (χ4v) is 1.28. The lowest BCUT2D eigenvalue weighted by molar-refractivity contribution is -0.127. The first-order chi connectivity index (χ1) is 4.55. The van der Waals surface area contributed by atoms with Crippen molar-refractivity contribution in [3.63, 3.8) is 0 Å². The van der Waals surface area contributed by atoms with Crippen LogP contribution < -0.4 is 0 Å². The van der Waals surface area contributed by atoms with E-state index < -0.39 is 5.60 Å². The molecule has 1 N–H and O–H groups in total. The van der Waals surface area contributed by atoms with Crippen molar-refractivity contribution in [3.8, 4) is 0 Å². The van der Waals surface area contributed by atoms with Crippen molar-refractivity contribution in [2.45, 2.75) is 25.9 Å². The van der Waals surface area contributed by atoms with E-state index in [1.165, 1.54) is 0 Å². The smallest absolute Gasteiger partial charge is 0.225 e. The molecule has 1 rings (SSSR count). The first-order valence-electron chi connectivity index (χ1n) is 3.55. The van der Waals surface area contributed by atoms with Gasteiger partial charge in [-0.3, -0.25) is 4.79 Å². The van der Waals surface area contributed by atoms with Crippen molar-refractivity contribution in [3.05, 3.63) is 0 Å². The zero-order valence-electron chi connectivity index (χ0n) is 6.42. The normalized spacial score (nSPS) is 33.5. The molecule has 1 fully saturated rings. The van der Waals surface area contributed by atoms with E-state index in [-0.39, 0.29) is 12.3 Å². The third-order valence-electron chi connectivity index (χ3n) is 1.80. The van der Waals surface area contributed by atoms with E-state index in [2.05, 4.69) is 0 Å². The number of hydrogen-bond acceptors (Lipinski definition) is 2. The van der Waals surface area contributed by atoms with Gasteiger partial charge in [0.05, 0.1) is 12.0 Å². The van der Waals surface area contributed by atoms with Gasteiger partial charge < -0.3 is 10.0 Å². The monoisotopic (exact) mass is 143 g/mol.